The summed E-state index contributed by atoms with van der Waals surface area (Å²) < 4.78 is 0. The van der Waals surface area contributed by atoms with Gasteiger partial charge in [-0.2, -0.15) is 0 Å². The molecule has 0 heterocycles. The summed E-state index contributed by atoms with van der Waals surface area (Å²) in [5.41, 5.74) is 7.73. The van der Waals surface area contributed by atoms with Crippen molar-refractivity contribution in [2.45, 2.75) is 26.3 Å². The molecule has 0 aromatic heterocycles. The lowest BCUT2D eigenvalue weighted by molar-refractivity contribution is -0.141. The number of benzene rings is 1. The predicted octanol–water partition coefficient (Wildman–Crippen LogP) is 0.908. The van der Waals surface area contributed by atoms with Crippen molar-refractivity contribution in [2.75, 3.05) is 5.32 Å². The van der Waals surface area contributed by atoms with Crippen LogP contribution in [0.4, 0.5) is 5.69 Å². The van der Waals surface area contributed by atoms with E-state index in [0.29, 0.717) is 5.69 Å². The number of aliphatic carboxylic acids is 1. The van der Waals surface area contributed by atoms with Gasteiger partial charge < -0.3 is 16.2 Å². The van der Waals surface area contributed by atoms with E-state index in [1.165, 1.54) is 0 Å². The molecule has 0 saturated carbocycles. The van der Waals surface area contributed by atoms with Gasteiger partial charge in [0.05, 0.1) is 0 Å². The number of carbonyl (C=O) groups is 2. The number of amides is 1. The molecule has 0 radical (unpaired) electrons. The third-order valence-corrected chi connectivity index (χ3v) is 2.54. The number of para-hydroxylation sites is 1. The van der Waals surface area contributed by atoms with Crippen LogP contribution in [-0.2, 0) is 16.0 Å². The second-order valence-electron chi connectivity index (χ2n) is 3.77. The fourth-order valence-corrected chi connectivity index (χ4v) is 1.52. The van der Waals surface area contributed by atoms with Crippen molar-refractivity contribution in [3.63, 3.8) is 0 Å². The maximum atomic E-state index is 11.6. The van der Waals surface area contributed by atoms with E-state index < -0.39 is 17.9 Å². The summed E-state index contributed by atoms with van der Waals surface area (Å²) in [6.07, 6.45) is 0.750. The van der Waals surface area contributed by atoms with Crippen LogP contribution in [0.2, 0.25) is 0 Å². The van der Waals surface area contributed by atoms with Crippen LogP contribution in [0.1, 0.15) is 18.1 Å². The number of carbonyl (C=O) groups excluding carboxylic acids is 1. The summed E-state index contributed by atoms with van der Waals surface area (Å²) >= 11 is 0. The number of hydrogen-bond donors (Lipinski definition) is 3. The van der Waals surface area contributed by atoms with Gasteiger partial charge in [-0.15, -0.1) is 0 Å². The summed E-state index contributed by atoms with van der Waals surface area (Å²) in [5, 5.41) is 11.2. The van der Waals surface area contributed by atoms with Gasteiger partial charge in [0.2, 0.25) is 0 Å². The molecule has 1 atom stereocenters. The minimum absolute atomic E-state index is 0.650. The Morgan fingerprint density at radius 2 is 2.12 bits per heavy atom. The van der Waals surface area contributed by atoms with Crippen molar-refractivity contribution in [1.29, 1.82) is 0 Å². The fraction of sp³-hybridized carbons (Fsp3) is 0.333. The normalized spacial score (nSPS) is 11.9. The number of nitrogens with one attached hydrogen (secondary N) is 1. The van der Waals surface area contributed by atoms with Gasteiger partial charge in [-0.25, -0.2) is 4.79 Å². The third-order valence-electron chi connectivity index (χ3n) is 2.54. The molecule has 92 valence electrons. The highest BCUT2D eigenvalue weighted by molar-refractivity contribution is 6.08. The van der Waals surface area contributed by atoms with E-state index in [1.54, 1.807) is 0 Å². The van der Waals surface area contributed by atoms with Gasteiger partial charge in [0.25, 0.3) is 5.91 Å². The SMILES string of the molecule is CCc1cccc(C)c1NC(=O)C(N)C(=O)O. The van der Waals surface area contributed by atoms with Crippen LogP contribution in [0, 0.1) is 6.92 Å². The predicted molar refractivity (Wildman–Crippen MR) is 64.8 cm³/mol. The number of anilines is 1. The average molecular weight is 236 g/mol. The van der Waals surface area contributed by atoms with E-state index >= 15 is 0 Å². The Hall–Kier alpha value is -1.88. The van der Waals surface area contributed by atoms with Gasteiger partial charge in [0, 0.05) is 5.69 Å². The number of carboxylic acids is 1. The minimum Gasteiger partial charge on any atom is -0.480 e. The van der Waals surface area contributed by atoms with Crippen LogP contribution in [-0.4, -0.2) is 23.0 Å². The molecule has 0 spiro atoms. The molecule has 0 fully saturated rings. The van der Waals surface area contributed by atoms with Crippen molar-refractivity contribution < 1.29 is 14.7 Å². The Bertz CT molecular complexity index is 443. The Labute approximate surface area is 99.6 Å². The Morgan fingerprint density at radius 3 is 2.65 bits per heavy atom. The lowest BCUT2D eigenvalue weighted by Crippen LogP contribution is -2.42. The first-order chi connectivity index (χ1) is 7.97. The largest absolute Gasteiger partial charge is 0.480 e. The van der Waals surface area contributed by atoms with Crippen LogP contribution < -0.4 is 11.1 Å². The highest BCUT2D eigenvalue weighted by atomic mass is 16.4. The van der Waals surface area contributed by atoms with Gasteiger partial charge >= 0.3 is 5.97 Å². The van der Waals surface area contributed by atoms with Gasteiger partial charge in [0.15, 0.2) is 6.04 Å². The second-order valence-corrected chi connectivity index (χ2v) is 3.77. The molecule has 1 aromatic rings. The lowest BCUT2D eigenvalue weighted by atomic mass is 10.1. The van der Waals surface area contributed by atoms with Crippen molar-refractivity contribution in [3.8, 4) is 0 Å². The molecule has 17 heavy (non-hydrogen) atoms. The van der Waals surface area contributed by atoms with E-state index in [2.05, 4.69) is 5.32 Å². The van der Waals surface area contributed by atoms with Gasteiger partial charge in [-0.3, -0.25) is 4.79 Å². The minimum atomic E-state index is -1.54. The molecule has 1 unspecified atom stereocenters. The molecule has 0 bridgehead atoms. The summed E-state index contributed by atoms with van der Waals surface area (Å²) in [5.74, 6) is -2.05. The zero-order chi connectivity index (χ0) is 13.0. The summed E-state index contributed by atoms with van der Waals surface area (Å²) in [7, 11) is 0. The fourth-order valence-electron chi connectivity index (χ4n) is 1.52. The molecular formula is C12H16N2O3. The molecule has 1 aromatic carbocycles. The molecule has 0 aliphatic heterocycles. The topological polar surface area (TPSA) is 92.4 Å². The third kappa shape index (κ3) is 3.04. The van der Waals surface area contributed by atoms with Crippen LogP contribution in [0.15, 0.2) is 18.2 Å². The Morgan fingerprint density at radius 1 is 1.47 bits per heavy atom. The standard InChI is InChI=1S/C12H16N2O3/c1-3-8-6-4-5-7(2)10(8)14-11(15)9(13)12(16)17/h4-6,9H,3,13H2,1-2H3,(H,14,15)(H,16,17). The summed E-state index contributed by atoms with van der Waals surface area (Å²) in [6, 6.07) is 4.08. The van der Waals surface area contributed by atoms with E-state index in [0.717, 1.165) is 17.5 Å². The van der Waals surface area contributed by atoms with Crippen LogP contribution in [0.25, 0.3) is 0 Å². The second kappa shape index (κ2) is 5.45. The van der Waals surface area contributed by atoms with E-state index in [1.807, 2.05) is 32.0 Å². The monoisotopic (exact) mass is 236 g/mol. The number of aryl methyl sites for hydroxylation is 2. The molecule has 0 aliphatic carbocycles. The van der Waals surface area contributed by atoms with Crippen molar-refractivity contribution in [2.24, 2.45) is 5.73 Å². The number of nitrogens with two attached hydrogens (primary N) is 1. The molecule has 5 heteroatoms. The van der Waals surface area contributed by atoms with Crippen LogP contribution in [0.5, 0.6) is 0 Å². The first kappa shape index (κ1) is 13.2. The number of rotatable bonds is 4. The summed E-state index contributed by atoms with van der Waals surface area (Å²) in [6.45, 7) is 3.81. The molecule has 0 saturated heterocycles. The zero-order valence-electron chi connectivity index (χ0n) is 9.86. The average Bonchev–Trinajstić information content (AvgIpc) is 2.30. The summed E-state index contributed by atoms with van der Waals surface area (Å²) in [4.78, 5) is 22.1. The van der Waals surface area contributed by atoms with Crippen LogP contribution in [0.3, 0.4) is 0 Å². The highest BCUT2D eigenvalue weighted by Gasteiger charge is 2.22. The number of hydrogen-bond acceptors (Lipinski definition) is 3. The maximum absolute atomic E-state index is 11.6. The van der Waals surface area contributed by atoms with Crippen molar-refractivity contribution >= 4 is 17.6 Å². The smallest absolute Gasteiger partial charge is 0.330 e. The highest BCUT2D eigenvalue weighted by Crippen LogP contribution is 2.21. The quantitative estimate of drug-likeness (QED) is 0.677. The molecule has 5 nitrogen and oxygen atoms in total. The van der Waals surface area contributed by atoms with Gasteiger partial charge in [-0.05, 0) is 24.5 Å². The molecule has 1 amide bonds. The van der Waals surface area contributed by atoms with E-state index in [9.17, 15) is 9.59 Å². The lowest BCUT2D eigenvalue weighted by Gasteiger charge is -2.14. The number of carboxylic acid groups (broad SMARTS) is 1. The molecule has 1 rings (SSSR count). The molecule has 0 aliphatic rings. The van der Waals surface area contributed by atoms with Gasteiger partial charge in [-0.1, -0.05) is 25.1 Å². The van der Waals surface area contributed by atoms with E-state index in [-0.39, 0.29) is 0 Å². The van der Waals surface area contributed by atoms with Gasteiger partial charge in [0.1, 0.15) is 0 Å². The molecule has 4 N–H and O–H groups in total. The van der Waals surface area contributed by atoms with E-state index in [4.69, 9.17) is 10.8 Å². The zero-order valence-corrected chi connectivity index (χ0v) is 9.86. The Kier molecular flexibility index (Phi) is 4.23. The first-order valence-electron chi connectivity index (χ1n) is 5.35. The Balaban J connectivity index is 2.95. The van der Waals surface area contributed by atoms with Crippen molar-refractivity contribution in [1.82, 2.24) is 0 Å². The van der Waals surface area contributed by atoms with Crippen molar-refractivity contribution in [3.05, 3.63) is 29.3 Å². The first-order valence-corrected chi connectivity index (χ1v) is 5.35. The maximum Gasteiger partial charge on any atom is 0.330 e. The molecular weight excluding hydrogens is 220 g/mol. The van der Waals surface area contributed by atoms with Crippen LogP contribution >= 0.6 is 0 Å².